The molecule has 0 fully saturated rings. The van der Waals surface area contributed by atoms with Gasteiger partial charge in [0.05, 0.1) is 10.6 Å². The number of hydrogen-bond acceptors (Lipinski definition) is 4. The number of carbonyl (C=O) groups is 1. The molecule has 0 unspecified atom stereocenters. The van der Waals surface area contributed by atoms with Crippen molar-refractivity contribution in [3.8, 4) is 16.4 Å². The Kier molecular flexibility index (Phi) is 4.86. The molecule has 0 radical (unpaired) electrons. The van der Waals surface area contributed by atoms with Crippen molar-refractivity contribution in [3.63, 3.8) is 0 Å². The number of carbonyl (C=O) groups excluding carboxylic acids is 1. The number of hydrogen-bond donors (Lipinski definition) is 1. The topological polar surface area (TPSA) is 59.8 Å². The Bertz CT molecular complexity index is 891. The first-order chi connectivity index (χ1) is 11.5. The van der Waals surface area contributed by atoms with Gasteiger partial charge in [-0.05, 0) is 29.6 Å². The molecule has 1 N–H and O–H groups in total. The van der Waals surface area contributed by atoms with Gasteiger partial charge in [-0.15, -0.1) is 16.4 Å². The number of nitrogens with one attached hydrogen (secondary N) is 1. The second-order valence-corrected chi connectivity index (χ2v) is 6.90. The highest BCUT2D eigenvalue weighted by Crippen LogP contribution is 2.25. The third-order valence-electron chi connectivity index (χ3n) is 3.05. The largest absolute Gasteiger partial charge is 0.345 e. The van der Waals surface area contributed by atoms with E-state index in [2.05, 4.69) is 37.9 Å². The summed E-state index contributed by atoms with van der Waals surface area (Å²) < 4.78 is 15.7. The normalized spacial score (nSPS) is 10.6. The van der Waals surface area contributed by atoms with Crippen LogP contribution in [0.25, 0.3) is 16.4 Å². The molecule has 0 saturated heterocycles. The summed E-state index contributed by atoms with van der Waals surface area (Å²) in [6.07, 6.45) is 0. The molecule has 0 atom stereocenters. The van der Waals surface area contributed by atoms with Crippen LogP contribution in [0.2, 0.25) is 0 Å². The Morgan fingerprint density at radius 1 is 1.38 bits per heavy atom. The van der Waals surface area contributed by atoms with Crippen LogP contribution in [-0.2, 0) is 0 Å². The summed E-state index contributed by atoms with van der Waals surface area (Å²) in [7, 11) is 0. The van der Waals surface area contributed by atoms with Crippen molar-refractivity contribution in [2.24, 2.45) is 0 Å². The van der Waals surface area contributed by atoms with Gasteiger partial charge in [0.1, 0.15) is 5.82 Å². The fraction of sp³-hybridized carbons (Fsp3) is 0.0625. The lowest BCUT2D eigenvalue weighted by Crippen LogP contribution is -2.25. The molecule has 24 heavy (non-hydrogen) atoms. The van der Waals surface area contributed by atoms with Crippen LogP contribution in [0, 0.1) is 5.82 Å². The van der Waals surface area contributed by atoms with Crippen LogP contribution >= 0.6 is 27.3 Å². The third kappa shape index (κ3) is 3.60. The smallest absolute Gasteiger partial charge is 0.291 e. The van der Waals surface area contributed by atoms with Crippen molar-refractivity contribution >= 4 is 33.2 Å². The molecule has 0 aliphatic carbocycles. The molecule has 5 nitrogen and oxygen atoms in total. The Morgan fingerprint density at radius 3 is 2.88 bits per heavy atom. The Balaban J connectivity index is 2.03. The van der Waals surface area contributed by atoms with Crippen molar-refractivity contribution in [3.05, 3.63) is 64.5 Å². The van der Waals surface area contributed by atoms with Gasteiger partial charge in [0.2, 0.25) is 5.82 Å². The van der Waals surface area contributed by atoms with Crippen molar-refractivity contribution in [2.75, 3.05) is 6.54 Å². The molecule has 0 bridgehead atoms. The third-order valence-corrected chi connectivity index (χ3v) is 4.19. The monoisotopic (exact) mass is 406 g/mol. The molecular weight excluding hydrogens is 395 g/mol. The van der Waals surface area contributed by atoms with E-state index in [-0.39, 0.29) is 18.2 Å². The molecule has 0 aliphatic heterocycles. The van der Waals surface area contributed by atoms with Crippen molar-refractivity contribution in [1.82, 2.24) is 20.1 Å². The summed E-state index contributed by atoms with van der Waals surface area (Å²) in [4.78, 5) is 17.3. The van der Waals surface area contributed by atoms with Crippen LogP contribution in [0.1, 0.15) is 10.6 Å². The van der Waals surface area contributed by atoms with E-state index in [1.165, 1.54) is 28.2 Å². The van der Waals surface area contributed by atoms with E-state index in [9.17, 15) is 9.18 Å². The van der Waals surface area contributed by atoms with E-state index >= 15 is 0 Å². The second-order valence-electron chi connectivity index (χ2n) is 4.83. The maximum absolute atomic E-state index is 13.5. The molecule has 0 spiro atoms. The summed E-state index contributed by atoms with van der Waals surface area (Å²) >= 11 is 4.64. The summed E-state index contributed by atoms with van der Waals surface area (Å²) in [5, 5.41) is 8.79. The Hall–Kier alpha value is -2.32. The van der Waals surface area contributed by atoms with Crippen LogP contribution in [-0.4, -0.2) is 27.2 Å². The zero-order valence-electron chi connectivity index (χ0n) is 12.4. The van der Waals surface area contributed by atoms with Gasteiger partial charge >= 0.3 is 0 Å². The van der Waals surface area contributed by atoms with Gasteiger partial charge in [-0.2, -0.15) is 0 Å². The van der Waals surface area contributed by atoms with Crippen LogP contribution in [0.3, 0.4) is 0 Å². The molecule has 0 saturated carbocycles. The lowest BCUT2D eigenvalue weighted by molar-refractivity contribution is 0.0947. The number of nitrogens with zero attached hydrogens (tertiary/aromatic N) is 3. The SMILES string of the molecule is C=C(Br)CNC(=O)c1nc(-c2cccs2)n(-c2cccc(F)c2)n1. The highest BCUT2D eigenvalue weighted by molar-refractivity contribution is 9.11. The average molecular weight is 407 g/mol. The fourth-order valence-electron chi connectivity index (χ4n) is 2.02. The van der Waals surface area contributed by atoms with E-state index in [1.807, 2.05) is 17.5 Å². The van der Waals surface area contributed by atoms with Crippen LogP contribution in [0.4, 0.5) is 4.39 Å². The first-order valence-corrected chi connectivity index (χ1v) is 8.60. The van der Waals surface area contributed by atoms with Crippen LogP contribution in [0.15, 0.2) is 52.8 Å². The van der Waals surface area contributed by atoms with Gasteiger partial charge in [0, 0.05) is 11.0 Å². The minimum absolute atomic E-state index is 0.0106. The minimum atomic E-state index is -0.427. The zero-order valence-corrected chi connectivity index (χ0v) is 14.8. The van der Waals surface area contributed by atoms with Crippen molar-refractivity contribution in [1.29, 1.82) is 0 Å². The van der Waals surface area contributed by atoms with Gasteiger partial charge in [0.15, 0.2) is 5.82 Å². The highest BCUT2D eigenvalue weighted by Gasteiger charge is 2.19. The van der Waals surface area contributed by atoms with E-state index in [4.69, 9.17) is 0 Å². The Labute approximate surface area is 150 Å². The average Bonchev–Trinajstić information content (AvgIpc) is 3.21. The number of rotatable bonds is 5. The zero-order chi connectivity index (χ0) is 17.1. The molecule has 2 heterocycles. The number of benzene rings is 1. The lowest BCUT2D eigenvalue weighted by atomic mass is 10.3. The standard InChI is InChI=1S/C16H12BrFN4OS/c1-10(17)9-19-16(23)14-20-15(13-6-3-7-24-13)22(21-14)12-5-2-4-11(18)8-12/h2-8H,1,9H2,(H,19,23). The fourth-order valence-corrected chi connectivity index (χ4v) is 2.86. The van der Waals surface area contributed by atoms with Crippen LogP contribution < -0.4 is 5.32 Å². The number of aromatic nitrogens is 3. The van der Waals surface area contributed by atoms with E-state index in [0.29, 0.717) is 16.0 Å². The van der Waals surface area contributed by atoms with Crippen molar-refractivity contribution < 1.29 is 9.18 Å². The quantitative estimate of drug-likeness (QED) is 0.701. The van der Waals surface area contributed by atoms with Crippen LogP contribution in [0.5, 0.6) is 0 Å². The maximum atomic E-state index is 13.5. The first-order valence-electron chi connectivity index (χ1n) is 6.93. The molecule has 3 rings (SSSR count). The van der Waals surface area contributed by atoms with Gasteiger partial charge in [-0.1, -0.05) is 34.6 Å². The maximum Gasteiger partial charge on any atom is 0.291 e. The predicted molar refractivity (Wildman–Crippen MR) is 95.0 cm³/mol. The van der Waals surface area contributed by atoms with Gasteiger partial charge in [0.25, 0.3) is 5.91 Å². The number of thiophene rings is 1. The molecule has 2 aromatic heterocycles. The lowest BCUT2D eigenvalue weighted by Gasteiger charge is -2.04. The highest BCUT2D eigenvalue weighted by atomic mass is 79.9. The van der Waals surface area contributed by atoms with E-state index < -0.39 is 5.91 Å². The molecule has 1 aromatic carbocycles. The van der Waals surface area contributed by atoms with Gasteiger partial charge in [-0.25, -0.2) is 14.1 Å². The summed E-state index contributed by atoms with van der Waals surface area (Å²) in [6, 6.07) is 9.72. The number of halogens is 2. The molecule has 3 aromatic rings. The second kappa shape index (κ2) is 7.06. The molecular formula is C16H12BrFN4OS. The summed E-state index contributed by atoms with van der Waals surface area (Å²) in [5.74, 6) is -0.319. The Morgan fingerprint density at radius 2 is 2.21 bits per heavy atom. The van der Waals surface area contributed by atoms with E-state index in [1.54, 1.807) is 12.1 Å². The number of amides is 1. The van der Waals surface area contributed by atoms with Crippen molar-refractivity contribution in [2.45, 2.75) is 0 Å². The molecule has 1 amide bonds. The summed E-state index contributed by atoms with van der Waals surface area (Å²) in [6.45, 7) is 3.92. The first kappa shape index (κ1) is 16.5. The minimum Gasteiger partial charge on any atom is -0.345 e. The predicted octanol–water partition coefficient (Wildman–Crippen LogP) is 3.77. The van der Waals surface area contributed by atoms with Gasteiger partial charge < -0.3 is 5.32 Å². The van der Waals surface area contributed by atoms with Gasteiger partial charge in [-0.3, -0.25) is 4.79 Å². The molecule has 0 aliphatic rings. The summed E-state index contributed by atoms with van der Waals surface area (Å²) in [5.41, 5.74) is 0.495. The molecule has 122 valence electrons. The van der Waals surface area contributed by atoms with E-state index in [0.717, 1.165) is 4.88 Å². The molecule has 8 heteroatoms.